The molecule has 2 heterocycles. The molecule has 1 aliphatic heterocycles. The van der Waals surface area contributed by atoms with Gasteiger partial charge in [-0.25, -0.2) is 0 Å². The number of benzene rings is 2. The summed E-state index contributed by atoms with van der Waals surface area (Å²) in [4.78, 5) is 15.3. The Hall–Kier alpha value is -4.52. The largest absolute Gasteiger partial charge is 0.507 e. The van der Waals surface area contributed by atoms with E-state index in [4.69, 9.17) is 5.73 Å². The van der Waals surface area contributed by atoms with E-state index >= 15 is 0 Å². The van der Waals surface area contributed by atoms with Gasteiger partial charge < -0.3 is 25.0 Å². The molecule has 0 atom stereocenters. The Kier molecular flexibility index (Phi) is 10.3. The average molecular weight is 742 g/mol. The van der Waals surface area contributed by atoms with Crippen LogP contribution in [0.3, 0.4) is 0 Å². The maximum atomic E-state index is 14.3. The van der Waals surface area contributed by atoms with Gasteiger partial charge in [-0.1, -0.05) is 5.10 Å². The molecule has 0 saturated heterocycles. The van der Waals surface area contributed by atoms with E-state index in [0.717, 1.165) is 21.8 Å². The van der Waals surface area contributed by atoms with Crippen LogP contribution in [0.1, 0.15) is 61.3 Å². The quantitative estimate of drug-likeness (QED) is 0.211. The van der Waals surface area contributed by atoms with Crippen LogP contribution in [0, 0.1) is 11.8 Å². The lowest BCUT2D eigenvalue weighted by atomic mass is 9.80. The van der Waals surface area contributed by atoms with Crippen LogP contribution in [0.15, 0.2) is 30.3 Å². The number of aryl methyl sites for hydroxylation is 1. The molecule has 1 saturated carbocycles. The summed E-state index contributed by atoms with van der Waals surface area (Å²) >= 11 is 0. The van der Waals surface area contributed by atoms with Crippen LogP contribution in [0.2, 0.25) is 0 Å². The molecule has 1 aliphatic carbocycles. The van der Waals surface area contributed by atoms with E-state index in [2.05, 4.69) is 24.9 Å². The number of hydrogen-bond donors (Lipinski definition) is 1. The summed E-state index contributed by atoms with van der Waals surface area (Å²) in [5.74, 6) is -2.02. The Labute approximate surface area is 284 Å². The molecule has 2 aliphatic rings. The van der Waals surface area contributed by atoms with Gasteiger partial charge in [0.15, 0.2) is 11.5 Å². The lowest BCUT2D eigenvalue weighted by Crippen LogP contribution is -2.52. The third kappa shape index (κ3) is 8.69. The van der Waals surface area contributed by atoms with E-state index < -0.39 is 71.8 Å². The number of halogens is 10. The fourth-order valence-electron chi connectivity index (χ4n) is 6.31. The summed E-state index contributed by atoms with van der Waals surface area (Å²) in [5.41, 5.74) is 2.05. The molecule has 10 nitrogen and oxygen atoms in total. The molecule has 3 aromatic rings. The maximum absolute atomic E-state index is 14.3. The van der Waals surface area contributed by atoms with Crippen molar-refractivity contribution in [3.63, 3.8) is 0 Å². The van der Waals surface area contributed by atoms with Gasteiger partial charge in [-0.15, -0.1) is 5.10 Å². The third-order valence-electron chi connectivity index (χ3n) is 8.78. The number of amides is 1. The molecular weight excluding hydrogens is 708 g/mol. The van der Waals surface area contributed by atoms with Gasteiger partial charge in [0.1, 0.15) is 0 Å². The molecule has 51 heavy (non-hydrogen) atoms. The highest BCUT2D eigenvalue weighted by molar-refractivity contribution is 5.74. The van der Waals surface area contributed by atoms with Crippen molar-refractivity contribution in [1.29, 1.82) is 0 Å². The SMILES string of the molecule is CCN(CC1CCC(CC(N)=O)CC1)c1cc2c(cc1CN(Cc1cc(C(F)(F)F)cc(C(F)(F)F)c1)c1nnn(C)n1)OC(F)(F)C(F)(F)O2. The number of alkyl halides is 10. The number of hydrogen-bond acceptors (Lipinski definition) is 8. The number of ether oxygens (including phenoxy) is 2. The van der Waals surface area contributed by atoms with Gasteiger partial charge in [-0.3, -0.25) is 4.79 Å². The summed E-state index contributed by atoms with van der Waals surface area (Å²) in [6.45, 7) is 1.23. The second-order valence-electron chi connectivity index (χ2n) is 12.6. The number of carbonyl (C=O) groups is 1. The first-order chi connectivity index (χ1) is 23.6. The fourth-order valence-corrected chi connectivity index (χ4v) is 6.31. The van der Waals surface area contributed by atoms with Crippen molar-refractivity contribution in [3.05, 3.63) is 52.6 Å². The Bertz CT molecular complexity index is 1690. The van der Waals surface area contributed by atoms with Gasteiger partial charge in [0.2, 0.25) is 5.91 Å². The lowest BCUT2D eigenvalue weighted by Gasteiger charge is -2.36. The van der Waals surface area contributed by atoms with E-state index in [1.807, 2.05) is 0 Å². The summed E-state index contributed by atoms with van der Waals surface area (Å²) in [6, 6.07) is 3.10. The normalized spacial score (nSPS) is 19.8. The molecule has 1 fully saturated rings. The van der Waals surface area contributed by atoms with Crippen LogP contribution in [-0.4, -0.2) is 51.4 Å². The van der Waals surface area contributed by atoms with Crippen LogP contribution in [-0.2, 0) is 37.3 Å². The highest BCUT2D eigenvalue weighted by Crippen LogP contribution is 2.49. The van der Waals surface area contributed by atoms with E-state index in [1.54, 1.807) is 11.8 Å². The smallest absolute Gasteiger partial charge is 0.421 e. The number of nitrogens with two attached hydrogens (primary N) is 1. The van der Waals surface area contributed by atoms with Crippen LogP contribution >= 0.6 is 0 Å². The van der Waals surface area contributed by atoms with Gasteiger partial charge in [-0.2, -0.15) is 48.7 Å². The molecule has 0 unspecified atom stereocenters. The predicted molar refractivity (Wildman–Crippen MR) is 160 cm³/mol. The van der Waals surface area contributed by atoms with E-state index in [9.17, 15) is 48.7 Å². The van der Waals surface area contributed by atoms with Crippen molar-refractivity contribution in [1.82, 2.24) is 20.2 Å². The van der Waals surface area contributed by atoms with Crippen molar-refractivity contribution >= 4 is 17.5 Å². The van der Waals surface area contributed by atoms with E-state index in [1.165, 1.54) is 7.05 Å². The molecular formula is C31H33F10N7O3. The van der Waals surface area contributed by atoms with Crippen LogP contribution in [0.25, 0.3) is 0 Å². The molecule has 1 aromatic heterocycles. The Morgan fingerprint density at radius 2 is 1.41 bits per heavy atom. The number of nitrogens with zero attached hydrogens (tertiary/aromatic N) is 6. The number of carbonyl (C=O) groups excluding carboxylic acids is 1. The second kappa shape index (κ2) is 13.9. The molecule has 0 radical (unpaired) electrons. The van der Waals surface area contributed by atoms with Gasteiger partial charge in [0.05, 0.1) is 18.2 Å². The minimum absolute atomic E-state index is 0.0240. The molecule has 280 valence electrons. The summed E-state index contributed by atoms with van der Waals surface area (Å²) in [6.07, 6.45) is -17.4. The van der Waals surface area contributed by atoms with E-state index in [0.29, 0.717) is 44.4 Å². The first kappa shape index (κ1) is 37.7. The zero-order chi connectivity index (χ0) is 37.5. The first-order valence-corrected chi connectivity index (χ1v) is 15.8. The number of primary amides is 1. The standard InChI is InChI=1S/C31H33F10N7O3/c1-3-47(14-18-6-4-17(5-7-18)10-26(42)49)23-13-25-24(50-30(38,39)31(40,41)51-25)11-20(23)16-48(27-43-45-46(2)44-27)15-19-8-21(28(32,33)34)12-22(9-19)29(35,36)37/h8-9,11-13,17-18H,3-7,10,14-16H2,1-2H3,(H2,42,49). The third-order valence-corrected chi connectivity index (χ3v) is 8.78. The van der Waals surface area contributed by atoms with Crippen LogP contribution in [0.5, 0.6) is 11.5 Å². The van der Waals surface area contributed by atoms with Crippen molar-refractivity contribution in [2.24, 2.45) is 24.6 Å². The van der Waals surface area contributed by atoms with Crippen LogP contribution < -0.4 is 25.0 Å². The molecule has 20 heteroatoms. The lowest BCUT2D eigenvalue weighted by molar-refractivity contribution is -0.391. The minimum atomic E-state index is -5.14. The van der Waals surface area contributed by atoms with Crippen molar-refractivity contribution in [3.8, 4) is 11.5 Å². The highest BCUT2D eigenvalue weighted by atomic mass is 19.4. The fraction of sp³-hybridized carbons (Fsp3) is 0.548. The van der Waals surface area contributed by atoms with Gasteiger partial charge in [0.25, 0.3) is 5.95 Å². The van der Waals surface area contributed by atoms with Crippen molar-refractivity contribution in [2.45, 2.75) is 76.7 Å². The maximum Gasteiger partial charge on any atom is 0.507 e. The van der Waals surface area contributed by atoms with Gasteiger partial charge in [0, 0.05) is 44.4 Å². The average Bonchev–Trinajstić information content (AvgIpc) is 3.45. The Morgan fingerprint density at radius 1 is 0.863 bits per heavy atom. The number of aromatic nitrogens is 4. The summed E-state index contributed by atoms with van der Waals surface area (Å²) < 4.78 is 148. The van der Waals surface area contributed by atoms with Crippen molar-refractivity contribution in [2.75, 3.05) is 22.9 Å². The monoisotopic (exact) mass is 741 g/mol. The highest BCUT2D eigenvalue weighted by Gasteiger charge is 2.66. The second-order valence-corrected chi connectivity index (χ2v) is 12.6. The van der Waals surface area contributed by atoms with Crippen LogP contribution in [0.4, 0.5) is 55.5 Å². The Morgan fingerprint density at radius 3 is 1.90 bits per heavy atom. The van der Waals surface area contributed by atoms with Crippen molar-refractivity contribution < 1.29 is 58.2 Å². The number of rotatable bonds is 11. The topological polar surface area (TPSA) is 112 Å². The Balaban J connectivity index is 1.56. The molecule has 1 amide bonds. The predicted octanol–water partition coefficient (Wildman–Crippen LogP) is 6.92. The number of fused-ring (bicyclic) bond motifs is 1. The van der Waals surface area contributed by atoms with Gasteiger partial charge in [-0.05, 0) is 85.0 Å². The first-order valence-electron chi connectivity index (χ1n) is 15.8. The molecule has 2 N–H and O–H groups in total. The molecule has 5 rings (SSSR count). The minimum Gasteiger partial charge on any atom is -0.421 e. The van der Waals surface area contributed by atoms with Gasteiger partial charge >= 0.3 is 24.6 Å². The zero-order valence-electron chi connectivity index (χ0n) is 27.2. The molecule has 0 spiro atoms. The zero-order valence-corrected chi connectivity index (χ0v) is 27.2. The van der Waals surface area contributed by atoms with E-state index in [-0.39, 0.29) is 48.1 Å². The number of tetrazole rings is 1. The molecule has 2 aromatic carbocycles. The summed E-state index contributed by atoms with van der Waals surface area (Å²) in [5, 5.41) is 11.6. The molecule has 0 bridgehead atoms. The number of anilines is 2. The summed E-state index contributed by atoms with van der Waals surface area (Å²) in [7, 11) is 1.36.